The number of benzene rings is 2. The van der Waals surface area contributed by atoms with Crippen molar-refractivity contribution in [1.29, 1.82) is 0 Å². The van der Waals surface area contributed by atoms with E-state index in [4.69, 9.17) is 25.4 Å². The van der Waals surface area contributed by atoms with Gasteiger partial charge in [0.05, 0.1) is 49.3 Å². The lowest BCUT2D eigenvalue weighted by Gasteiger charge is -2.27. The van der Waals surface area contributed by atoms with Gasteiger partial charge in [0.15, 0.2) is 11.6 Å². The van der Waals surface area contributed by atoms with Crippen molar-refractivity contribution in [2.75, 3.05) is 54.1 Å². The van der Waals surface area contributed by atoms with Crippen LogP contribution in [0.2, 0.25) is 0 Å². The number of carbonyl (C=O) groups excluding carboxylic acids is 8. The Morgan fingerprint density at radius 2 is 0.884 bits per heavy atom. The Labute approximate surface area is 909 Å². The lowest BCUT2D eigenvalue weighted by molar-refractivity contribution is -0.142. The van der Waals surface area contributed by atoms with E-state index in [0.717, 1.165) is 70.0 Å². The van der Waals surface area contributed by atoms with Crippen LogP contribution in [-0.4, -0.2) is 254 Å². The van der Waals surface area contributed by atoms with Gasteiger partial charge in [-0.3, -0.25) is 52.7 Å². The third-order valence-corrected chi connectivity index (χ3v) is 21.8. The molecule has 0 saturated carbocycles. The normalized spacial score (nSPS) is 16.4. The first-order valence-electron chi connectivity index (χ1n) is 43.2. The number of carboxylic acid groups (broad SMARTS) is 2. The molecule has 4 fully saturated rings. The molecule has 147 heavy (non-hydrogen) atoms. The highest BCUT2D eigenvalue weighted by Gasteiger charge is 2.45. The van der Waals surface area contributed by atoms with Crippen LogP contribution in [0.25, 0.3) is 44.1 Å². The number of carbonyl (C=O) groups is 10. The van der Waals surface area contributed by atoms with Crippen LogP contribution < -0.4 is 27.0 Å². The van der Waals surface area contributed by atoms with Crippen molar-refractivity contribution in [3.63, 3.8) is 0 Å². The van der Waals surface area contributed by atoms with E-state index in [1.54, 1.807) is 167 Å². The maximum atomic E-state index is 14.4. The van der Waals surface area contributed by atoms with Crippen molar-refractivity contribution in [2.24, 2.45) is 7.05 Å². The molecule has 4 aliphatic rings. The molecular weight excluding hydrogens is 2190 g/mol. The number of anilines is 4. The highest BCUT2D eigenvalue weighted by atomic mass is 35.7. The SMILES string of the molecule is CC(=O)c1nn(CC(=O)N2C[C@H](F)C[C@H]2C(=O)Nc2cccc(C)n2)c2ccc(-c3cnc(C)nc3)cc12.CC(=O)c1nn(CC(=O)O)c2ccc(-c3cnc(C)nc3)cc12.CC(C)(C)OC(=O)N1C[C@H](F)C[C@H]1C(=O)O.CS(=O)(=O)Cl.Cc1cccc(N)n1.Cc1cccc(NC(=O)[C@@H]2C[C@@H](F)CN2)n1.Cc1cccc(NC(=O)[C@@H]2C[C@@H](F)CN2C(=O)OC(C)(C)C)n1.Cl.Cl.Cn1ccnc1.S.S=S.S=S=S.S=S=S=S. The number of alkyl halides is 4. The molecule has 2 aromatic carbocycles. The molecule has 0 radical (unpaired) electrons. The predicted molar refractivity (Wildman–Crippen MR) is 586 cm³/mol. The molecule has 4 saturated heterocycles. The number of Topliss-reactive ketones (excluding diaryl/α,β-unsaturated/α-hetero) is 2. The summed E-state index contributed by atoms with van der Waals surface area (Å²) >= 11 is 24.2. The van der Waals surface area contributed by atoms with E-state index in [-0.39, 0.29) is 132 Å². The minimum Gasteiger partial charge on any atom is -0.480 e. The largest absolute Gasteiger partial charge is 0.480 e. The van der Waals surface area contributed by atoms with Crippen LogP contribution in [0.5, 0.6) is 0 Å². The Hall–Kier alpha value is -11.3. The minimum absolute atomic E-state index is 0. The number of hydrogen-bond acceptors (Lipinski definition) is 33. The standard InChI is InChI=1S/C27H26FN7O3.C16H22FN3O3.C16H14N4O3.C11H14FN3O.C10H16FNO4.C6H8N2.C4H6N2.CH3ClO2S.2ClH.S4.S3.S2.H2S/c1-15-5-4-6-24(31-15)32-27(38)23-10-20(28)13-34(23)25(37)14-35-22-8-7-18(19-11-29-17(3)30-12-19)9-21(22)26(33-35)16(2)36;1-10-6-5-7-13(18-10)19-14(21)12-8-11(17)9-20(12)15(22)23-16(2,3)4;1-9(21)16-13-5-11(12-6-17-10(2)18-7-12)3-4-14(13)20(19-16)8-15(22)23;1-7-3-2-4-10(14-7)15-11(16)9-5-8(12)6-13-9;1-10(2,3)16-9(15)12-5-6(11)4-7(12)8(13)14;1-5-3-2-4-6(7)8-5;1-6-3-2-5-4-6;1-5(2,3)4;;;1-3-4-2;1-3-2;1-2;/h4-9,11-12,20,23H,10,13-14H2,1-3H3,(H,31,32,38);5-7,11-12H,8-9H2,1-4H3,(H,18,19,21);3-7H,8H2,1-2H3,(H,22,23);2-4,8-9,13H,5-6H2,1H3,(H,14,15,16);6-7H,4-5H2,1-3H3,(H,13,14);2-4H,1H3,(H2,7,8);2-4H,1H3;1H3;2*1H;;;;1H2/t20-,23+;11-,12+;;8-,9+;6-,7+;;;;;;;;;/m11.11........./s1. The van der Waals surface area contributed by atoms with Gasteiger partial charge in [0.25, 0.3) is 0 Å². The summed E-state index contributed by atoms with van der Waals surface area (Å²) in [5.74, 6) is -1.22. The van der Waals surface area contributed by atoms with Crippen LogP contribution in [0, 0.1) is 41.5 Å². The molecule has 8 atom stereocenters. The van der Waals surface area contributed by atoms with Gasteiger partial charge in [-0.2, -0.15) is 23.7 Å². The Bertz CT molecular complexity index is 6490. The number of aryl methyl sites for hydroxylation is 7. The van der Waals surface area contributed by atoms with Gasteiger partial charge in [0.1, 0.15) is 113 Å². The Morgan fingerprint density at radius 1 is 0.531 bits per heavy atom. The van der Waals surface area contributed by atoms with Crippen LogP contribution in [0.3, 0.4) is 0 Å². The van der Waals surface area contributed by atoms with Gasteiger partial charge in [-0.05, 0) is 167 Å². The number of ketones is 2. The number of nitrogens with zero attached hydrogens (tertiary/aromatic N) is 17. The van der Waals surface area contributed by atoms with E-state index in [1.807, 2.05) is 80.2 Å². The Morgan fingerprint density at radius 3 is 1.19 bits per heavy atom. The third-order valence-electron chi connectivity index (χ3n) is 19.6. The number of fused-ring (bicyclic) bond motifs is 2. The average Bonchev–Trinajstić information content (AvgIpc) is 1.63. The molecule has 15 rings (SSSR count). The maximum absolute atomic E-state index is 14.4. The van der Waals surface area contributed by atoms with Crippen molar-refractivity contribution >= 4 is 256 Å². The number of aromatic nitrogens is 14. The number of nitrogens with two attached hydrogens (primary N) is 1. The van der Waals surface area contributed by atoms with E-state index in [0.29, 0.717) is 56.7 Å². The molecule has 9 aromatic heterocycles. The number of rotatable bonds is 15. The second kappa shape index (κ2) is 64.2. The molecular formula is C91H113Cl3F4N22O16S11. The first kappa shape index (κ1) is 132. The zero-order valence-electron chi connectivity index (χ0n) is 82.2. The van der Waals surface area contributed by atoms with E-state index in [9.17, 15) is 73.9 Å². The van der Waals surface area contributed by atoms with E-state index < -0.39 is 111 Å². The third kappa shape index (κ3) is 46.6. The monoisotopic (exact) mass is 2300 g/mol. The van der Waals surface area contributed by atoms with E-state index in [2.05, 4.69) is 154 Å². The van der Waals surface area contributed by atoms with Crippen molar-refractivity contribution in [2.45, 2.75) is 196 Å². The van der Waals surface area contributed by atoms with Crippen molar-refractivity contribution in [3.05, 3.63) is 199 Å². The molecule has 8 N–H and O–H groups in total. The molecule has 11 aromatic rings. The number of imidazole rings is 1. The van der Waals surface area contributed by atoms with Crippen LogP contribution in [0.15, 0.2) is 153 Å². The second-order valence-electron chi connectivity index (χ2n) is 33.8. The van der Waals surface area contributed by atoms with Crippen LogP contribution in [0.4, 0.5) is 50.4 Å². The number of pyridine rings is 4. The molecule has 38 nitrogen and oxygen atoms in total. The number of likely N-dealkylation sites (tertiary alicyclic amines) is 3. The van der Waals surface area contributed by atoms with Crippen LogP contribution in [-0.2, 0) is 161 Å². The molecule has 0 unspecified atom stereocenters. The summed E-state index contributed by atoms with van der Waals surface area (Å²) in [6, 6.07) is 28.7. The highest BCUT2D eigenvalue weighted by molar-refractivity contribution is 8.51. The summed E-state index contributed by atoms with van der Waals surface area (Å²) < 4.78 is 87.8. The number of nitrogen functional groups attached to an aromatic ring is 1. The summed E-state index contributed by atoms with van der Waals surface area (Å²) in [6.07, 6.45) is 6.76. The van der Waals surface area contributed by atoms with Crippen molar-refractivity contribution in [1.82, 2.24) is 89.0 Å². The Kier molecular flexibility index (Phi) is 57.5. The summed E-state index contributed by atoms with van der Waals surface area (Å²) in [5.41, 5.74) is 12.1. The zero-order valence-corrected chi connectivity index (χ0v) is 93.8. The molecule has 0 spiro atoms. The van der Waals surface area contributed by atoms with Gasteiger partial charge >= 0.3 is 24.1 Å². The highest BCUT2D eigenvalue weighted by Crippen LogP contribution is 2.32. The fourth-order valence-corrected chi connectivity index (χ4v) is 13.6. The summed E-state index contributed by atoms with van der Waals surface area (Å²) in [5, 5.41) is 38.3. The number of halogens is 7. The molecule has 0 bridgehead atoms. The fourth-order valence-electron chi connectivity index (χ4n) is 13.6. The van der Waals surface area contributed by atoms with Gasteiger partial charge in [0.2, 0.25) is 32.7 Å². The quantitative estimate of drug-likeness (QED) is 0.0285. The molecule has 56 heteroatoms. The molecule has 6 amide bonds. The fraction of sp³-hybridized carbons (Fsp3) is 0.396. The van der Waals surface area contributed by atoms with E-state index in [1.165, 1.54) is 45.9 Å². The number of hydrogen-bond donors (Lipinski definition) is 7. The van der Waals surface area contributed by atoms with Gasteiger partial charge < -0.3 is 56.2 Å². The molecule has 798 valence electrons. The lowest BCUT2D eigenvalue weighted by atomic mass is 10.0. The predicted octanol–water partition coefficient (Wildman–Crippen LogP) is 13.0. The number of aliphatic carboxylic acids is 2. The number of nitrogens with one attached hydrogen (secondary N) is 4. The average molecular weight is 2310 g/mol. The molecule has 13 heterocycles. The summed E-state index contributed by atoms with van der Waals surface area (Å²) in [7, 11) is 6.50. The van der Waals surface area contributed by atoms with Crippen molar-refractivity contribution in [3.8, 4) is 22.3 Å². The molecule has 4 aliphatic heterocycles. The lowest BCUT2D eigenvalue weighted by Crippen LogP contribution is -2.45. The summed E-state index contributed by atoms with van der Waals surface area (Å²) in [6.45, 7) is 23.1. The second-order valence-corrected chi connectivity index (χ2v) is 42.1. The van der Waals surface area contributed by atoms with E-state index >= 15 is 0 Å². The van der Waals surface area contributed by atoms with Crippen LogP contribution >= 0.6 is 49.0 Å². The first-order chi connectivity index (χ1) is 67.7. The van der Waals surface area contributed by atoms with Gasteiger partial charge in [-0.25, -0.2) is 85.2 Å². The topological polar surface area (TPSA) is 504 Å². The maximum Gasteiger partial charge on any atom is 0.411 e. The summed E-state index contributed by atoms with van der Waals surface area (Å²) in [4.78, 5) is 160. The smallest absolute Gasteiger partial charge is 0.411 e. The minimum atomic E-state index is -3.19. The first-order valence-corrected chi connectivity index (χ1v) is 53.9. The number of amides is 6. The number of carboxylic acids is 2. The Balaban J connectivity index is 0.000000593. The van der Waals surface area contributed by atoms with Crippen molar-refractivity contribution < 1.29 is 93.6 Å². The van der Waals surface area contributed by atoms with Crippen LogP contribution in [0.1, 0.15) is 136 Å². The number of ether oxygens (including phenoxy) is 2. The van der Waals surface area contributed by atoms with Gasteiger partial charge in [-0.15, -0.1) is 24.8 Å². The zero-order chi connectivity index (χ0) is 108. The van der Waals surface area contributed by atoms with Gasteiger partial charge in [-0.1, -0.05) is 36.4 Å². The van der Waals surface area contributed by atoms with Gasteiger partial charge in [0, 0.05) is 239 Å². The molecule has 0 aliphatic carbocycles.